The molecular formula is C12H10O3. The van der Waals surface area contributed by atoms with E-state index in [0.717, 1.165) is 5.39 Å². The van der Waals surface area contributed by atoms with Gasteiger partial charge in [0.1, 0.15) is 11.5 Å². The van der Waals surface area contributed by atoms with Gasteiger partial charge in [0.05, 0.1) is 7.11 Å². The van der Waals surface area contributed by atoms with Crippen LogP contribution in [0.4, 0.5) is 0 Å². The van der Waals surface area contributed by atoms with E-state index in [-0.39, 0.29) is 5.75 Å². The molecule has 0 aliphatic heterocycles. The van der Waals surface area contributed by atoms with Crippen LogP contribution < -0.4 is 4.74 Å². The Morgan fingerprint density at radius 2 is 2.13 bits per heavy atom. The number of aldehydes is 1. The van der Waals surface area contributed by atoms with E-state index in [0.29, 0.717) is 23.0 Å². The van der Waals surface area contributed by atoms with Crippen LogP contribution in [0.3, 0.4) is 0 Å². The average Bonchev–Trinajstić information content (AvgIpc) is 2.27. The lowest BCUT2D eigenvalue weighted by Gasteiger charge is -2.06. The number of benzene rings is 2. The van der Waals surface area contributed by atoms with Crippen LogP contribution in [-0.2, 0) is 0 Å². The molecule has 0 radical (unpaired) electrons. The second kappa shape index (κ2) is 3.61. The highest BCUT2D eigenvalue weighted by Crippen LogP contribution is 2.30. The van der Waals surface area contributed by atoms with Gasteiger partial charge < -0.3 is 9.84 Å². The van der Waals surface area contributed by atoms with Gasteiger partial charge in [0.2, 0.25) is 0 Å². The van der Waals surface area contributed by atoms with Gasteiger partial charge in [-0.15, -0.1) is 0 Å². The number of hydrogen-bond donors (Lipinski definition) is 1. The van der Waals surface area contributed by atoms with Crippen LogP contribution in [0.25, 0.3) is 10.8 Å². The molecule has 15 heavy (non-hydrogen) atoms. The largest absolute Gasteiger partial charge is 0.507 e. The van der Waals surface area contributed by atoms with E-state index in [4.69, 9.17) is 4.74 Å². The van der Waals surface area contributed by atoms with Crippen molar-refractivity contribution in [2.24, 2.45) is 0 Å². The molecule has 0 aliphatic carbocycles. The predicted octanol–water partition coefficient (Wildman–Crippen LogP) is 2.37. The van der Waals surface area contributed by atoms with E-state index in [1.807, 2.05) is 6.07 Å². The molecule has 0 atom stereocenters. The summed E-state index contributed by atoms with van der Waals surface area (Å²) in [5.74, 6) is 0.715. The molecule has 0 saturated heterocycles. The summed E-state index contributed by atoms with van der Waals surface area (Å²) in [6.45, 7) is 0. The highest BCUT2D eigenvalue weighted by molar-refractivity contribution is 6.02. The molecule has 0 heterocycles. The third-order valence-electron chi connectivity index (χ3n) is 2.32. The van der Waals surface area contributed by atoms with Gasteiger partial charge in [-0.05, 0) is 23.6 Å². The van der Waals surface area contributed by atoms with Crippen molar-refractivity contribution in [1.29, 1.82) is 0 Å². The Morgan fingerprint density at radius 3 is 2.80 bits per heavy atom. The fraction of sp³-hybridized carbons (Fsp3) is 0.0833. The van der Waals surface area contributed by atoms with Crippen molar-refractivity contribution in [3.8, 4) is 11.5 Å². The molecule has 76 valence electrons. The van der Waals surface area contributed by atoms with Crippen LogP contribution in [0.5, 0.6) is 11.5 Å². The number of methoxy groups -OCH3 is 1. The van der Waals surface area contributed by atoms with Crippen molar-refractivity contribution in [1.82, 2.24) is 0 Å². The lowest BCUT2D eigenvalue weighted by molar-refractivity contribution is 0.112. The summed E-state index contributed by atoms with van der Waals surface area (Å²) in [4.78, 5) is 10.9. The SMILES string of the molecule is COc1cc(C=O)c2c(O)cccc2c1. The number of carbonyl (C=O) groups is 1. The van der Waals surface area contributed by atoms with Gasteiger partial charge in [-0.25, -0.2) is 0 Å². The Balaban J connectivity index is 2.86. The molecule has 0 fully saturated rings. The molecule has 2 aromatic carbocycles. The molecule has 0 spiro atoms. The number of fused-ring (bicyclic) bond motifs is 1. The van der Waals surface area contributed by atoms with Crippen LogP contribution in [0, 0.1) is 0 Å². The topological polar surface area (TPSA) is 46.5 Å². The van der Waals surface area contributed by atoms with Gasteiger partial charge >= 0.3 is 0 Å². The highest BCUT2D eigenvalue weighted by Gasteiger charge is 2.07. The smallest absolute Gasteiger partial charge is 0.150 e. The van der Waals surface area contributed by atoms with E-state index in [9.17, 15) is 9.90 Å². The molecule has 0 amide bonds. The predicted molar refractivity (Wildman–Crippen MR) is 57.6 cm³/mol. The molecule has 0 aromatic heterocycles. The monoisotopic (exact) mass is 202 g/mol. The number of phenolic OH excluding ortho intramolecular Hbond substituents is 1. The molecule has 2 rings (SSSR count). The fourth-order valence-electron chi connectivity index (χ4n) is 1.62. The summed E-state index contributed by atoms with van der Waals surface area (Å²) >= 11 is 0. The number of hydrogen-bond acceptors (Lipinski definition) is 3. The summed E-state index contributed by atoms with van der Waals surface area (Å²) in [7, 11) is 1.54. The van der Waals surface area contributed by atoms with Gasteiger partial charge in [-0.2, -0.15) is 0 Å². The molecule has 1 N–H and O–H groups in total. The van der Waals surface area contributed by atoms with Crippen molar-refractivity contribution in [2.45, 2.75) is 0 Å². The molecule has 0 saturated carbocycles. The average molecular weight is 202 g/mol. The first kappa shape index (κ1) is 9.52. The summed E-state index contributed by atoms with van der Waals surface area (Å²) < 4.78 is 5.06. The first-order valence-corrected chi connectivity index (χ1v) is 4.51. The number of aromatic hydroxyl groups is 1. The number of ether oxygens (including phenoxy) is 1. The normalized spacial score (nSPS) is 10.2. The van der Waals surface area contributed by atoms with Crippen LogP contribution in [0.2, 0.25) is 0 Å². The molecule has 0 aliphatic rings. The van der Waals surface area contributed by atoms with E-state index in [1.165, 1.54) is 0 Å². The zero-order chi connectivity index (χ0) is 10.8. The van der Waals surface area contributed by atoms with Gasteiger partial charge in [-0.3, -0.25) is 4.79 Å². The van der Waals surface area contributed by atoms with Crippen LogP contribution >= 0.6 is 0 Å². The van der Waals surface area contributed by atoms with E-state index < -0.39 is 0 Å². The maximum atomic E-state index is 10.9. The molecule has 0 bridgehead atoms. The summed E-state index contributed by atoms with van der Waals surface area (Å²) in [5, 5.41) is 11.0. The Hall–Kier alpha value is -2.03. The summed E-state index contributed by atoms with van der Waals surface area (Å²) in [6.07, 6.45) is 0.713. The quantitative estimate of drug-likeness (QED) is 0.760. The zero-order valence-electron chi connectivity index (χ0n) is 8.23. The first-order chi connectivity index (χ1) is 7.26. The van der Waals surface area contributed by atoms with Gasteiger partial charge in [-0.1, -0.05) is 12.1 Å². The van der Waals surface area contributed by atoms with E-state index in [1.54, 1.807) is 31.4 Å². The Morgan fingerprint density at radius 1 is 1.33 bits per heavy atom. The van der Waals surface area contributed by atoms with Crippen molar-refractivity contribution in [2.75, 3.05) is 7.11 Å². The fourth-order valence-corrected chi connectivity index (χ4v) is 1.62. The molecular weight excluding hydrogens is 192 g/mol. The Bertz CT molecular complexity index is 518. The van der Waals surface area contributed by atoms with Crippen molar-refractivity contribution >= 4 is 17.1 Å². The highest BCUT2D eigenvalue weighted by atomic mass is 16.5. The number of phenols is 1. The standard InChI is InChI=1S/C12H10O3/c1-15-10-5-8-3-2-4-11(14)12(8)9(6-10)7-13/h2-7,14H,1H3. The van der Waals surface area contributed by atoms with E-state index in [2.05, 4.69) is 0 Å². The minimum Gasteiger partial charge on any atom is -0.507 e. The minimum atomic E-state index is 0.109. The lowest BCUT2D eigenvalue weighted by atomic mass is 10.0. The van der Waals surface area contributed by atoms with Crippen LogP contribution in [0.15, 0.2) is 30.3 Å². The molecule has 0 unspecified atom stereocenters. The van der Waals surface area contributed by atoms with Crippen LogP contribution in [-0.4, -0.2) is 18.5 Å². The molecule has 3 nitrogen and oxygen atoms in total. The maximum Gasteiger partial charge on any atom is 0.150 e. The second-order valence-corrected chi connectivity index (χ2v) is 3.21. The number of rotatable bonds is 2. The van der Waals surface area contributed by atoms with Gasteiger partial charge in [0.15, 0.2) is 6.29 Å². The Kier molecular flexibility index (Phi) is 2.29. The lowest BCUT2D eigenvalue weighted by Crippen LogP contribution is -1.88. The van der Waals surface area contributed by atoms with Gasteiger partial charge in [0, 0.05) is 10.9 Å². The second-order valence-electron chi connectivity index (χ2n) is 3.21. The zero-order valence-corrected chi connectivity index (χ0v) is 8.23. The first-order valence-electron chi connectivity index (χ1n) is 4.51. The van der Waals surface area contributed by atoms with Crippen molar-refractivity contribution < 1.29 is 14.6 Å². The third-order valence-corrected chi connectivity index (χ3v) is 2.32. The summed E-state index contributed by atoms with van der Waals surface area (Å²) in [6, 6.07) is 8.50. The van der Waals surface area contributed by atoms with Gasteiger partial charge in [0.25, 0.3) is 0 Å². The summed E-state index contributed by atoms with van der Waals surface area (Å²) in [5.41, 5.74) is 0.433. The minimum absolute atomic E-state index is 0.109. The number of carbonyl (C=O) groups excluding carboxylic acids is 1. The van der Waals surface area contributed by atoms with Crippen molar-refractivity contribution in [3.05, 3.63) is 35.9 Å². The molecule has 3 heteroatoms. The molecule has 2 aromatic rings. The maximum absolute atomic E-state index is 10.9. The van der Waals surface area contributed by atoms with Crippen LogP contribution in [0.1, 0.15) is 10.4 Å². The third kappa shape index (κ3) is 1.52. The van der Waals surface area contributed by atoms with Crippen molar-refractivity contribution in [3.63, 3.8) is 0 Å². The Labute approximate surface area is 86.9 Å². The van der Waals surface area contributed by atoms with E-state index >= 15 is 0 Å².